The van der Waals surface area contributed by atoms with Crippen molar-refractivity contribution in [3.8, 4) is 0 Å². The fourth-order valence-corrected chi connectivity index (χ4v) is 2.73. The highest BCUT2D eigenvalue weighted by Gasteiger charge is 2.11. The maximum Gasteiger partial charge on any atom is 0.0594 e. The minimum absolute atomic E-state index is 0.873. The molecule has 3 nitrogen and oxygen atoms in total. The molecular formula is C16H22N2O. The predicted octanol–water partition coefficient (Wildman–Crippen LogP) is 1.90. The van der Waals surface area contributed by atoms with E-state index in [2.05, 4.69) is 40.6 Å². The van der Waals surface area contributed by atoms with E-state index < -0.39 is 0 Å². The van der Waals surface area contributed by atoms with Gasteiger partial charge in [0.1, 0.15) is 0 Å². The zero-order valence-corrected chi connectivity index (χ0v) is 11.4. The Morgan fingerprint density at radius 3 is 2.58 bits per heavy atom. The molecule has 0 atom stereocenters. The van der Waals surface area contributed by atoms with Crippen molar-refractivity contribution in [1.82, 2.24) is 10.2 Å². The Morgan fingerprint density at radius 2 is 1.89 bits per heavy atom. The van der Waals surface area contributed by atoms with Gasteiger partial charge in [0, 0.05) is 26.2 Å². The highest BCUT2D eigenvalue weighted by molar-refractivity contribution is 5.66. The average molecular weight is 258 g/mol. The molecule has 1 aromatic rings. The van der Waals surface area contributed by atoms with Gasteiger partial charge in [0.15, 0.2) is 0 Å². The van der Waals surface area contributed by atoms with Gasteiger partial charge in [-0.15, -0.1) is 0 Å². The van der Waals surface area contributed by atoms with E-state index in [1.54, 1.807) is 0 Å². The van der Waals surface area contributed by atoms with Gasteiger partial charge in [-0.3, -0.25) is 4.90 Å². The first-order valence-electron chi connectivity index (χ1n) is 7.21. The van der Waals surface area contributed by atoms with E-state index in [4.69, 9.17) is 4.74 Å². The van der Waals surface area contributed by atoms with Crippen molar-refractivity contribution in [1.29, 1.82) is 0 Å². The van der Waals surface area contributed by atoms with Crippen LogP contribution >= 0.6 is 0 Å². The summed E-state index contributed by atoms with van der Waals surface area (Å²) < 4.78 is 5.38. The molecule has 0 saturated carbocycles. The molecular weight excluding hydrogens is 236 g/mol. The number of benzene rings is 1. The molecule has 3 heteroatoms. The molecule has 2 heterocycles. The van der Waals surface area contributed by atoms with Gasteiger partial charge in [-0.2, -0.15) is 0 Å². The normalized spacial score (nSPS) is 21.2. The van der Waals surface area contributed by atoms with Crippen molar-refractivity contribution in [3.63, 3.8) is 0 Å². The van der Waals surface area contributed by atoms with Crippen LogP contribution in [-0.4, -0.2) is 44.3 Å². The molecule has 0 spiro atoms. The standard InChI is InChI=1S/C16H22N2O/c1-3-15(16-5-7-17-8-6-16)4-2-14(1)13-18-9-11-19-12-10-18/h1-5,17H,6-13H2. The first kappa shape index (κ1) is 12.9. The number of ether oxygens (including phenoxy) is 1. The summed E-state index contributed by atoms with van der Waals surface area (Å²) in [6, 6.07) is 9.08. The Morgan fingerprint density at radius 1 is 1.11 bits per heavy atom. The second kappa shape index (κ2) is 6.33. The average Bonchev–Trinajstić information content (AvgIpc) is 2.50. The van der Waals surface area contributed by atoms with Gasteiger partial charge in [-0.1, -0.05) is 30.3 Å². The van der Waals surface area contributed by atoms with Gasteiger partial charge in [0.2, 0.25) is 0 Å². The Labute approximate surface area is 115 Å². The number of nitrogens with zero attached hydrogens (tertiary/aromatic N) is 1. The van der Waals surface area contributed by atoms with E-state index in [1.807, 2.05) is 0 Å². The summed E-state index contributed by atoms with van der Waals surface area (Å²) in [5.41, 5.74) is 4.27. The third-order valence-electron chi connectivity index (χ3n) is 3.90. The van der Waals surface area contributed by atoms with Gasteiger partial charge in [-0.05, 0) is 29.7 Å². The maximum absolute atomic E-state index is 5.38. The fourth-order valence-electron chi connectivity index (χ4n) is 2.73. The van der Waals surface area contributed by atoms with Gasteiger partial charge in [0.25, 0.3) is 0 Å². The lowest BCUT2D eigenvalue weighted by atomic mass is 9.99. The van der Waals surface area contributed by atoms with Crippen LogP contribution in [0.5, 0.6) is 0 Å². The first-order valence-corrected chi connectivity index (χ1v) is 7.21. The third kappa shape index (κ3) is 3.44. The molecule has 0 bridgehead atoms. The molecule has 2 aliphatic rings. The number of nitrogens with one attached hydrogen (secondary N) is 1. The van der Waals surface area contributed by atoms with E-state index in [0.29, 0.717) is 0 Å². The van der Waals surface area contributed by atoms with Crippen LogP contribution in [0.25, 0.3) is 5.57 Å². The van der Waals surface area contributed by atoms with Crippen molar-refractivity contribution < 1.29 is 4.74 Å². The summed E-state index contributed by atoms with van der Waals surface area (Å²) in [5, 5.41) is 3.36. The zero-order chi connectivity index (χ0) is 12.9. The van der Waals surface area contributed by atoms with E-state index in [0.717, 1.165) is 52.4 Å². The van der Waals surface area contributed by atoms with Crippen LogP contribution in [0.15, 0.2) is 30.3 Å². The van der Waals surface area contributed by atoms with Gasteiger partial charge in [-0.25, -0.2) is 0 Å². The van der Waals surface area contributed by atoms with Gasteiger partial charge in [0.05, 0.1) is 13.2 Å². The molecule has 1 N–H and O–H groups in total. The van der Waals surface area contributed by atoms with Crippen LogP contribution in [-0.2, 0) is 11.3 Å². The monoisotopic (exact) mass is 258 g/mol. The second-order valence-electron chi connectivity index (χ2n) is 5.27. The Bertz CT molecular complexity index is 433. The fraction of sp³-hybridized carbons (Fsp3) is 0.500. The molecule has 0 radical (unpaired) electrons. The Hall–Kier alpha value is -1.16. The third-order valence-corrected chi connectivity index (χ3v) is 3.90. The number of rotatable bonds is 3. The maximum atomic E-state index is 5.38. The lowest BCUT2D eigenvalue weighted by Crippen LogP contribution is -2.35. The van der Waals surface area contributed by atoms with Crippen molar-refractivity contribution in [2.75, 3.05) is 39.4 Å². The Balaban J connectivity index is 1.63. The van der Waals surface area contributed by atoms with E-state index in [-0.39, 0.29) is 0 Å². The predicted molar refractivity (Wildman–Crippen MR) is 78.0 cm³/mol. The first-order chi connectivity index (χ1) is 9.42. The van der Waals surface area contributed by atoms with Crippen LogP contribution in [0.3, 0.4) is 0 Å². The topological polar surface area (TPSA) is 24.5 Å². The van der Waals surface area contributed by atoms with Gasteiger partial charge < -0.3 is 10.1 Å². The molecule has 102 valence electrons. The highest BCUT2D eigenvalue weighted by atomic mass is 16.5. The largest absolute Gasteiger partial charge is 0.379 e. The molecule has 1 saturated heterocycles. The molecule has 2 aliphatic heterocycles. The molecule has 3 rings (SSSR count). The van der Waals surface area contributed by atoms with Crippen molar-refractivity contribution >= 4 is 5.57 Å². The van der Waals surface area contributed by atoms with Crippen LogP contribution in [0.2, 0.25) is 0 Å². The summed E-state index contributed by atoms with van der Waals surface area (Å²) >= 11 is 0. The van der Waals surface area contributed by atoms with Crippen molar-refractivity contribution in [2.45, 2.75) is 13.0 Å². The van der Waals surface area contributed by atoms with Crippen molar-refractivity contribution in [2.24, 2.45) is 0 Å². The van der Waals surface area contributed by atoms with Crippen LogP contribution in [0.4, 0.5) is 0 Å². The molecule has 0 unspecified atom stereocenters. The van der Waals surface area contributed by atoms with Crippen LogP contribution in [0.1, 0.15) is 17.5 Å². The smallest absolute Gasteiger partial charge is 0.0594 e. The number of hydrogen-bond donors (Lipinski definition) is 1. The SMILES string of the molecule is C1=C(c2ccc(CN3CCOCC3)cc2)CCNC1. The van der Waals surface area contributed by atoms with E-state index in [1.165, 1.54) is 16.7 Å². The van der Waals surface area contributed by atoms with Crippen LogP contribution in [0, 0.1) is 0 Å². The van der Waals surface area contributed by atoms with Crippen LogP contribution < -0.4 is 5.32 Å². The lowest BCUT2D eigenvalue weighted by Gasteiger charge is -2.26. The summed E-state index contributed by atoms with van der Waals surface area (Å²) in [4.78, 5) is 2.46. The minimum Gasteiger partial charge on any atom is -0.379 e. The summed E-state index contributed by atoms with van der Waals surface area (Å²) in [7, 11) is 0. The Kier molecular flexibility index (Phi) is 4.28. The molecule has 0 amide bonds. The molecule has 1 aromatic carbocycles. The molecule has 19 heavy (non-hydrogen) atoms. The summed E-state index contributed by atoms with van der Waals surface area (Å²) in [6.45, 7) is 7.00. The molecule has 0 aliphatic carbocycles. The number of morpholine rings is 1. The zero-order valence-electron chi connectivity index (χ0n) is 11.4. The second-order valence-corrected chi connectivity index (χ2v) is 5.27. The van der Waals surface area contributed by atoms with Crippen molar-refractivity contribution in [3.05, 3.63) is 41.5 Å². The molecule has 0 aromatic heterocycles. The summed E-state index contributed by atoms with van der Waals surface area (Å²) in [6.07, 6.45) is 3.45. The summed E-state index contributed by atoms with van der Waals surface area (Å²) in [5.74, 6) is 0. The highest BCUT2D eigenvalue weighted by Crippen LogP contribution is 2.20. The lowest BCUT2D eigenvalue weighted by molar-refractivity contribution is 0.0342. The number of hydrogen-bond acceptors (Lipinski definition) is 3. The minimum atomic E-state index is 0.873. The van der Waals surface area contributed by atoms with Gasteiger partial charge >= 0.3 is 0 Å². The van der Waals surface area contributed by atoms with E-state index >= 15 is 0 Å². The molecule has 1 fully saturated rings. The quantitative estimate of drug-likeness (QED) is 0.896. The van der Waals surface area contributed by atoms with E-state index in [9.17, 15) is 0 Å².